The molecule has 1 fully saturated rings. The molecule has 0 spiro atoms. The minimum atomic E-state index is -0.270. The fourth-order valence-corrected chi connectivity index (χ4v) is 1.89. The Hall–Kier alpha value is -0.910. The van der Waals surface area contributed by atoms with Gasteiger partial charge in [0.2, 0.25) is 0 Å². The lowest BCUT2D eigenvalue weighted by molar-refractivity contribution is -0.136. The molecular weight excluding hydrogens is 198 g/mol. The minimum Gasteiger partial charge on any atom is -0.466 e. The summed E-state index contributed by atoms with van der Waals surface area (Å²) in [4.78, 5) is 11.3. The second-order valence-electron chi connectivity index (χ2n) is 3.72. The van der Waals surface area contributed by atoms with Crippen LogP contribution >= 0.6 is 0 Å². The number of carbonyl (C=O) groups excluding carboxylic acids is 1. The topological polar surface area (TPSA) is 66.7 Å². The number of fused-ring (bicyclic) bond motifs is 1. The number of hydrogen-bond donors (Lipinski definition) is 1. The predicted octanol–water partition coefficient (Wildman–Crippen LogP) is -0.181. The van der Waals surface area contributed by atoms with Crippen molar-refractivity contribution in [3.63, 3.8) is 0 Å². The molecule has 1 saturated heterocycles. The monoisotopic (exact) mass is 213 g/mol. The van der Waals surface area contributed by atoms with Crippen LogP contribution in [0, 0.1) is 0 Å². The quantitative estimate of drug-likeness (QED) is 0.398. The van der Waals surface area contributed by atoms with Crippen LogP contribution in [-0.4, -0.2) is 45.2 Å². The molecule has 0 bridgehead atoms. The van der Waals surface area contributed by atoms with Crippen molar-refractivity contribution in [3.05, 3.63) is 11.6 Å². The molecule has 2 aliphatic rings. The number of carbonyl (C=O) groups is 1. The molecule has 0 aromatic carbocycles. The van der Waals surface area contributed by atoms with Crippen LogP contribution in [0.4, 0.5) is 0 Å². The number of rotatable bonds is 4. The van der Waals surface area contributed by atoms with Crippen LogP contribution in [0.1, 0.15) is 6.42 Å². The average Bonchev–Trinajstić information content (AvgIpc) is 3.03. The first kappa shape index (κ1) is 10.6. The normalized spacial score (nSPS) is 32.9. The summed E-state index contributed by atoms with van der Waals surface area (Å²) >= 11 is 0. The molecule has 0 aromatic heterocycles. The van der Waals surface area contributed by atoms with Crippen LogP contribution in [0.15, 0.2) is 11.6 Å². The highest BCUT2D eigenvalue weighted by atomic mass is 16.7. The molecule has 1 aliphatic carbocycles. The van der Waals surface area contributed by atoms with Gasteiger partial charge in [-0.1, -0.05) is 0 Å². The molecule has 0 radical (unpaired) electrons. The molecule has 3 atom stereocenters. The van der Waals surface area contributed by atoms with E-state index in [1.165, 1.54) is 7.11 Å². The predicted molar refractivity (Wildman–Crippen MR) is 52.2 cm³/mol. The van der Waals surface area contributed by atoms with E-state index in [1.54, 1.807) is 7.11 Å². The van der Waals surface area contributed by atoms with E-state index in [0.29, 0.717) is 17.7 Å². The number of methoxy groups -OCH3 is 2. The van der Waals surface area contributed by atoms with Gasteiger partial charge in [0.05, 0.1) is 19.3 Å². The smallest absolute Gasteiger partial charge is 0.333 e. The maximum atomic E-state index is 11.3. The molecule has 0 unspecified atom stereocenters. The van der Waals surface area contributed by atoms with Crippen LogP contribution in [-0.2, 0) is 19.0 Å². The van der Waals surface area contributed by atoms with Gasteiger partial charge in [0, 0.05) is 18.7 Å². The number of esters is 1. The Kier molecular flexibility index (Phi) is 3.04. The summed E-state index contributed by atoms with van der Waals surface area (Å²) in [5, 5.41) is 3.26. The fourth-order valence-electron chi connectivity index (χ4n) is 1.89. The minimum absolute atomic E-state index is 0.0854. The molecule has 15 heavy (non-hydrogen) atoms. The van der Waals surface area contributed by atoms with Gasteiger partial charge in [-0.05, 0) is 12.5 Å². The average molecular weight is 213 g/mol. The molecular formula is C10H15NO4. The molecule has 84 valence electrons. The first-order chi connectivity index (χ1) is 7.26. The highest BCUT2D eigenvalue weighted by Crippen LogP contribution is 2.31. The van der Waals surface area contributed by atoms with E-state index in [-0.39, 0.29) is 18.9 Å². The standard InChI is InChI=1S/C10H15NO4/c1-13-5-15-8-4-6(10(12)14-2)3-7-9(8)11-7/h4,7-9,11H,3,5H2,1-2H3/t7-,8-,9-/m1/s1. The van der Waals surface area contributed by atoms with E-state index >= 15 is 0 Å². The maximum Gasteiger partial charge on any atom is 0.333 e. The van der Waals surface area contributed by atoms with Crippen molar-refractivity contribution in [2.45, 2.75) is 24.6 Å². The zero-order chi connectivity index (χ0) is 10.8. The van der Waals surface area contributed by atoms with Crippen molar-refractivity contribution in [2.24, 2.45) is 0 Å². The number of ether oxygens (including phenoxy) is 3. The van der Waals surface area contributed by atoms with E-state index in [0.717, 1.165) is 6.42 Å². The van der Waals surface area contributed by atoms with E-state index in [2.05, 4.69) is 10.1 Å². The van der Waals surface area contributed by atoms with Crippen molar-refractivity contribution >= 4 is 5.97 Å². The Morgan fingerprint density at radius 1 is 1.60 bits per heavy atom. The van der Waals surface area contributed by atoms with E-state index < -0.39 is 0 Å². The lowest BCUT2D eigenvalue weighted by atomic mass is 9.97. The van der Waals surface area contributed by atoms with Crippen molar-refractivity contribution in [3.8, 4) is 0 Å². The highest BCUT2D eigenvalue weighted by molar-refractivity contribution is 5.89. The third-order valence-corrected chi connectivity index (χ3v) is 2.72. The molecule has 1 aliphatic heterocycles. The summed E-state index contributed by atoms with van der Waals surface area (Å²) in [6.07, 6.45) is 2.47. The van der Waals surface area contributed by atoms with Gasteiger partial charge in [0.1, 0.15) is 6.79 Å². The van der Waals surface area contributed by atoms with Crippen molar-refractivity contribution < 1.29 is 19.0 Å². The van der Waals surface area contributed by atoms with Crippen molar-refractivity contribution in [1.82, 2.24) is 5.32 Å². The van der Waals surface area contributed by atoms with Crippen molar-refractivity contribution in [2.75, 3.05) is 21.0 Å². The lowest BCUT2D eigenvalue weighted by Gasteiger charge is -2.18. The van der Waals surface area contributed by atoms with Gasteiger partial charge in [0.25, 0.3) is 0 Å². The first-order valence-electron chi connectivity index (χ1n) is 4.92. The van der Waals surface area contributed by atoms with E-state index in [9.17, 15) is 4.79 Å². The Balaban J connectivity index is 2.00. The van der Waals surface area contributed by atoms with Crippen LogP contribution in [0.3, 0.4) is 0 Å². The molecule has 1 heterocycles. The molecule has 2 rings (SSSR count). The molecule has 0 saturated carbocycles. The second kappa shape index (κ2) is 4.30. The molecule has 0 aromatic rings. The van der Waals surface area contributed by atoms with Gasteiger partial charge in [-0.2, -0.15) is 0 Å². The summed E-state index contributed by atoms with van der Waals surface area (Å²) in [6.45, 7) is 0.237. The summed E-state index contributed by atoms with van der Waals surface area (Å²) in [6, 6.07) is 0.680. The van der Waals surface area contributed by atoms with Crippen molar-refractivity contribution in [1.29, 1.82) is 0 Å². The maximum absolute atomic E-state index is 11.3. The number of nitrogens with one attached hydrogen (secondary N) is 1. The Labute approximate surface area is 88.4 Å². The van der Waals surface area contributed by atoms with Crippen LogP contribution < -0.4 is 5.32 Å². The molecule has 5 nitrogen and oxygen atoms in total. The van der Waals surface area contributed by atoms with Gasteiger partial charge in [0.15, 0.2) is 0 Å². The summed E-state index contributed by atoms with van der Waals surface area (Å²) in [5.41, 5.74) is 0.685. The van der Waals surface area contributed by atoms with Gasteiger partial charge >= 0.3 is 5.97 Å². The van der Waals surface area contributed by atoms with Crippen LogP contribution in [0.25, 0.3) is 0 Å². The lowest BCUT2D eigenvalue weighted by Crippen LogP contribution is -2.27. The summed E-state index contributed by atoms with van der Waals surface area (Å²) in [5.74, 6) is -0.270. The largest absolute Gasteiger partial charge is 0.466 e. The second-order valence-corrected chi connectivity index (χ2v) is 3.72. The Morgan fingerprint density at radius 3 is 3.07 bits per heavy atom. The van der Waals surface area contributed by atoms with E-state index in [1.807, 2.05) is 6.08 Å². The van der Waals surface area contributed by atoms with Gasteiger partial charge < -0.3 is 19.5 Å². The van der Waals surface area contributed by atoms with Crippen LogP contribution in [0.5, 0.6) is 0 Å². The van der Waals surface area contributed by atoms with Crippen LogP contribution in [0.2, 0.25) is 0 Å². The number of hydrogen-bond acceptors (Lipinski definition) is 5. The zero-order valence-corrected chi connectivity index (χ0v) is 8.86. The molecule has 5 heteroatoms. The summed E-state index contributed by atoms with van der Waals surface area (Å²) < 4.78 is 15.0. The fraction of sp³-hybridized carbons (Fsp3) is 0.700. The first-order valence-corrected chi connectivity index (χ1v) is 4.92. The third-order valence-electron chi connectivity index (χ3n) is 2.72. The zero-order valence-electron chi connectivity index (χ0n) is 8.86. The van der Waals surface area contributed by atoms with Gasteiger partial charge in [-0.15, -0.1) is 0 Å². The van der Waals surface area contributed by atoms with Gasteiger partial charge in [-0.3, -0.25) is 0 Å². The Morgan fingerprint density at radius 2 is 2.40 bits per heavy atom. The third kappa shape index (κ3) is 2.19. The Bertz CT molecular complexity index is 289. The van der Waals surface area contributed by atoms with Gasteiger partial charge in [-0.25, -0.2) is 4.79 Å². The highest BCUT2D eigenvalue weighted by Gasteiger charge is 2.46. The van der Waals surface area contributed by atoms with E-state index in [4.69, 9.17) is 9.47 Å². The summed E-state index contributed by atoms with van der Waals surface area (Å²) in [7, 11) is 2.96. The SMILES string of the molecule is COCO[C@@H]1C=C(C(=O)OC)C[C@H]2N[C@H]21. The molecule has 1 N–H and O–H groups in total. The molecule has 0 amide bonds.